The van der Waals surface area contributed by atoms with Crippen LogP contribution < -0.4 is 0 Å². The molecule has 0 spiro atoms. The lowest BCUT2D eigenvalue weighted by Crippen LogP contribution is -2.19. The number of nitrogens with zero attached hydrogens (tertiary/aromatic N) is 3. The molecule has 15 heavy (non-hydrogen) atoms. The molecule has 0 aliphatic rings. The van der Waals surface area contributed by atoms with E-state index in [0.717, 1.165) is 0 Å². The maximum absolute atomic E-state index is 10.8. The third kappa shape index (κ3) is 2.73. The Balaban J connectivity index is 3.22. The summed E-state index contributed by atoms with van der Waals surface area (Å²) in [6.07, 6.45) is 1.57. The van der Waals surface area contributed by atoms with Gasteiger partial charge in [-0.2, -0.15) is 0 Å². The predicted molar refractivity (Wildman–Crippen MR) is 60.7 cm³/mol. The van der Waals surface area contributed by atoms with E-state index in [1.807, 2.05) is 25.9 Å². The Morgan fingerprint density at radius 3 is 2.67 bits per heavy atom. The molecule has 1 rings (SSSR count). The zero-order chi connectivity index (χ0) is 11.6. The van der Waals surface area contributed by atoms with Gasteiger partial charge >= 0.3 is 0 Å². The van der Waals surface area contributed by atoms with Crippen LogP contribution in [0.15, 0.2) is 16.7 Å². The van der Waals surface area contributed by atoms with Gasteiger partial charge in [-0.15, -0.1) is 0 Å². The molecular formula is C9H12BrN3O2. The zero-order valence-electron chi connectivity index (χ0n) is 8.77. The molecule has 0 amide bonds. The smallest absolute Gasteiger partial charge is 0.293 e. The first-order valence-electron chi connectivity index (χ1n) is 4.39. The minimum absolute atomic E-state index is 0.0468. The molecule has 0 radical (unpaired) electrons. The highest BCUT2D eigenvalue weighted by Gasteiger charge is 2.22. The average molecular weight is 274 g/mol. The second-order valence-corrected chi connectivity index (χ2v) is 4.37. The van der Waals surface area contributed by atoms with Gasteiger partial charge < -0.3 is 4.90 Å². The molecule has 6 heteroatoms. The molecule has 1 aromatic rings. The van der Waals surface area contributed by atoms with Crippen LogP contribution >= 0.6 is 15.9 Å². The van der Waals surface area contributed by atoms with Gasteiger partial charge in [-0.05, 0) is 36.9 Å². The van der Waals surface area contributed by atoms with Gasteiger partial charge in [-0.25, -0.2) is 0 Å². The minimum Gasteiger partial charge on any atom is -0.301 e. The van der Waals surface area contributed by atoms with Crippen molar-refractivity contribution in [3.63, 3.8) is 0 Å². The van der Waals surface area contributed by atoms with Crippen LogP contribution in [-0.2, 0) is 0 Å². The molecule has 1 unspecified atom stereocenters. The molecule has 0 fully saturated rings. The molecule has 0 bridgehead atoms. The van der Waals surface area contributed by atoms with Gasteiger partial charge in [0.25, 0.3) is 5.69 Å². The van der Waals surface area contributed by atoms with Crippen molar-refractivity contribution in [2.45, 2.75) is 13.0 Å². The lowest BCUT2D eigenvalue weighted by Gasteiger charge is -2.18. The Bertz CT molecular complexity index is 382. The van der Waals surface area contributed by atoms with Crippen LogP contribution in [0.2, 0.25) is 0 Å². The maximum Gasteiger partial charge on any atom is 0.293 e. The Morgan fingerprint density at radius 2 is 2.20 bits per heavy atom. The second kappa shape index (κ2) is 4.67. The van der Waals surface area contributed by atoms with Crippen LogP contribution in [0.4, 0.5) is 5.69 Å². The van der Waals surface area contributed by atoms with Crippen molar-refractivity contribution in [2.75, 3.05) is 14.1 Å². The third-order valence-electron chi connectivity index (χ3n) is 2.23. The van der Waals surface area contributed by atoms with Crippen molar-refractivity contribution in [2.24, 2.45) is 0 Å². The van der Waals surface area contributed by atoms with E-state index in [1.54, 1.807) is 6.20 Å². The molecule has 0 aliphatic carbocycles. The highest BCUT2D eigenvalue weighted by Crippen LogP contribution is 2.27. The van der Waals surface area contributed by atoms with Crippen molar-refractivity contribution in [1.82, 2.24) is 9.88 Å². The molecule has 0 saturated heterocycles. The fourth-order valence-corrected chi connectivity index (χ4v) is 1.47. The quantitative estimate of drug-likeness (QED) is 0.627. The van der Waals surface area contributed by atoms with Crippen molar-refractivity contribution in [1.29, 1.82) is 0 Å². The van der Waals surface area contributed by atoms with Crippen LogP contribution in [0.25, 0.3) is 0 Å². The van der Waals surface area contributed by atoms with Crippen molar-refractivity contribution < 1.29 is 4.92 Å². The Labute approximate surface area is 96.4 Å². The Hall–Kier alpha value is -1.01. The SMILES string of the molecule is CC(c1ncc(Br)cc1[N+](=O)[O-])N(C)C. The van der Waals surface area contributed by atoms with E-state index in [0.29, 0.717) is 10.2 Å². The standard InChI is InChI=1S/C9H12BrN3O2/c1-6(12(2)3)9-8(13(14)15)4-7(10)5-11-9/h4-6H,1-3H3. The largest absolute Gasteiger partial charge is 0.301 e. The van der Waals surface area contributed by atoms with Gasteiger partial charge in [0.2, 0.25) is 0 Å². The molecule has 1 aromatic heterocycles. The number of hydrogen-bond acceptors (Lipinski definition) is 4. The lowest BCUT2D eigenvalue weighted by molar-refractivity contribution is -0.386. The summed E-state index contributed by atoms with van der Waals surface area (Å²) in [6.45, 7) is 1.88. The topological polar surface area (TPSA) is 59.3 Å². The number of aromatic nitrogens is 1. The van der Waals surface area contributed by atoms with E-state index in [4.69, 9.17) is 0 Å². The normalized spacial score (nSPS) is 12.9. The monoisotopic (exact) mass is 273 g/mol. The first-order chi connectivity index (χ1) is 6.93. The summed E-state index contributed by atoms with van der Waals surface area (Å²) in [5.74, 6) is 0. The summed E-state index contributed by atoms with van der Waals surface area (Å²) in [5.41, 5.74) is 0.527. The highest BCUT2D eigenvalue weighted by molar-refractivity contribution is 9.10. The number of halogens is 1. The lowest BCUT2D eigenvalue weighted by atomic mass is 10.1. The van der Waals surface area contributed by atoms with Gasteiger partial charge in [-0.1, -0.05) is 0 Å². The Morgan fingerprint density at radius 1 is 1.60 bits per heavy atom. The van der Waals surface area contributed by atoms with Gasteiger partial charge in [-0.3, -0.25) is 15.1 Å². The van der Waals surface area contributed by atoms with Crippen molar-refractivity contribution >= 4 is 21.6 Å². The van der Waals surface area contributed by atoms with E-state index in [1.165, 1.54) is 6.07 Å². The van der Waals surface area contributed by atoms with E-state index in [2.05, 4.69) is 20.9 Å². The van der Waals surface area contributed by atoms with Gasteiger partial charge in [0.05, 0.1) is 11.0 Å². The maximum atomic E-state index is 10.8. The molecule has 82 valence electrons. The fourth-order valence-electron chi connectivity index (χ4n) is 1.15. The third-order valence-corrected chi connectivity index (χ3v) is 2.66. The molecule has 0 N–H and O–H groups in total. The van der Waals surface area contributed by atoms with Gasteiger partial charge in [0, 0.05) is 16.7 Å². The summed E-state index contributed by atoms with van der Waals surface area (Å²) < 4.78 is 0.615. The molecule has 1 atom stereocenters. The van der Waals surface area contributed by atoms with Crippen LogP contribution in [0, 0.1) is 10.1 Å². The van der Waals surface area contributed by atoms with Crippen LogP contribution in [-0.4, -0.2) is 28.9 Å². The van der Waals surface area contributed by atoms with Crippen molar-refractivity contribution in [3.8, 4) is 0 Å². The summed E-state index contributed by atoms with van der Waals surface area (Å²) >= 11 is 3.17. The van der Waals surface area contributed by atoms with Crippen LogP contribution in [0.1, 0.15) is 18.7 Å². The number of pyridine rings is 1. The molecule has 0 aromatic carbocycles. The molecular weight excluding hydrogens is 262 g/mol. The van der Waals surface area contributed by atoms with E-state index in [9.17, 15) is 10.1 Å². The molecule has 0 saturated carbocycles. The number of hydrogen-bond donors (Lipinski definition) is 0. The fraction of sp³-hybridized carbons (Fsp3) is 0.444. The van der Waals surface area contributed by atoms with E-state index < -0.39 is 4.92 Å². The molecule has 0 aliphatic heterocycles. The molecule has 5 nitrogen and oxygen atoms in total. The van der Waals surface area contributed by atoms with Crippen molar-refractivity contribution in [3.05, 3.63) is 32.5 Å². The zero-order valence-corrected chi connectivity index (χ0v) is 10.4. The first kappa shape index (κ1) is 12.1. The summed E-state index contributed by atoms with van der Waals surface area (Å²) in [7, 11) is 3.72. The van der Waals surface area contributed by atoms with Crippen LogP contribution in [0.3, 0.4) is 0 Å². The van der Waals surface area contributed by atoms with E-state index in [-0.39, 0.29) is 11.7 Å². The van der Waals surface area contributed by atoms with Gasteiger partial charge in [0.1, 0.15) is 5.69 Å². The number of nitro groups is 1. The van der Waals surface area contributed by atoms with Crippen LogP contribution in [0.5, 0.6) is 0 Å². The highest BCUT2D eigenvalue weighted by atomic mass is 79.9. The predicted octanol–water partition coefficient (Wildman–Crippen LogP) is 2.37. The number of rotatable bonds is 3. The summed E-state index contributed by atoms with van der Waals surface area (Å²) in [5, 5.41) is 10.8. The first-order valence-corrected chi connectivity index (χ1v) is 5.19. The van der Waals surface area contributed by atoms with Gasteiger partial charge in [0.15, 0.2) is 0 Å². The summed E-state index contributed by atoms with van der Waals surface area (Å²) in [6, 6.07) is 1.39. The second-order valence-electron chi connectivity index (χ2n) is 3.45. The average Bonchev–Trinajstić information content (AvgIpc) is 2.16. The minimum atomic E-state index is -0.410. The Kier molecular flexibility index (Phi) is 3.76. The summed E-state index contributed by atoms with van der Waals surface area (Å²) in [4.78, 5) is 16.4. The van der Waals surface area contributed by atoms with E-state index >= 15 is 0 Å². The molecule has 1 heterocycles.